The third-order valence-corrected chi connectivity index (χ3v) is 3.57. The molecule has 0 spiro atoms. The van der Waals surface area contributed by atoms with Gasteiger partial charge in [-0.05, 0) is 26.0 Å². The van der Waals surface area contributed by atoms with Crippen molar-refractivity contribution in [2.24, 2.45) is 5.73 Å². The number of H-pyrrole nitrogens is 1. The molecule has 112 valence electrons. The van der Waals surface area contributed by atoms with Crippen LogP contribution in [0, 0.1) is 6.92 Å². The molecule has 0 atom stereocenters. The van der Waals surface area contributed by atoms with Gasteiger partial charge in [-0.2, -0.15) is 0 Å². The molecule has 4 N–H and O–H groups in total. The Morgan fingerprint density at radius 1 is 1.32 bits per heavy atom. The largest absolute Gasteiger partial charge is 0.398 e. The second-order valence-electron chi connectivity index (χ2n) is 4.99. The first-order valence-electron chi connectivity index (χ1n) is 7.05. The number of fused-ring (bicyclic) bond motifs is 1. The first-order valence-corrected chi connectivity index (χ1v) is 7.05. The summed E-state index contributed by atoms with van der Waals surface area (Å²) in [6, 6.07) is 5.92. The van der Waals surface area contributed by atoms with Crippen LogP contribution in [-0.4, -0.2) is 27.0 Å². The number of hydrogen-bond acceptors (Lipinski definition) is 5. The fraction of sp³-hybridized carbons (Fsp3) is 0.188. The number of aromatic nitrogens is 4. The van der Waals surface area contributed by atoms with Crippen molar-refractivity contribution in [1.29, 1.82) is 0 Å². The fourth-order valence-electron chi connectivity index (χ4n) is 2.52. The lowest BCUT2D eigenvalue weighted by molar-refractivity contribution is 1.09. The lowest BCUT2D eigenvalue weighted by atomic mass is 10.1. The second kappa shape index (κ2) is 5.48. The maximum atomic E-state index is 6.41. The Kier molecular flexibility index (Phi) is 3.50. The first kappa shape index (κ1) is 14.1. The van der Waals surface area contributed by atoms with Crippen LogP contribution in [0.2, 0.25) is 0 Å². The molecule has 1 aromatic carbocycles. The summed E-state index contributed by atoms with van der Waals surface area (Å²) in [6.45, 7) is 3.86. The topological polar surface area (TPSA) is 92.5 Å². The number of nitrogens with one attached hydrogen (secondary N) is 2. The van der Waals surface area contributed by atoms with Crippen LogP contribution in [0.5, 0.6) is 0 Å². The SMILES string of the molecule is CC=c1ncnc(NC)c1=C(N)c1ccc2nc(C)[nH]c2c1. The molecule has 3 aromatic rings. The standard InChI is InChI=1S/C16H18N6/c1-4-11-14(16(18-3)20-8-19-11)15(17)10-5-6-12-13(7-10)22-9(2)21-12/h4-8H,17H2,1-3H3,(H,21,22)(H,18,19,20). The van der Waals surface area contributed by atoms with E-state index in [0.717, 1.165) is 33.0 Å². The highest BCUT2D eigenvalue weighted by Gasteiger charge is 2.07. The molecule has 6 nitrogen and oxygen atoms in total. The van der Waals surface area contributed by atoms with Crippen molar-refractivity contribution < 1.29 is 0 Å². The molecule has 0 bridgehead atoms. The normalized spacial score (nSPS) is 13.5. The van der Waals surface area contributed by atoms with Gasteiger partial charge in [-0.1, -0.05) is 12.1 Å². The van der Waals surface area contributed by atoms with E-state index in [1.807, 2.05) is 45.2 Å². The summed E-state index contributed by atoms with van der Waals surface area (Å²) < 4.78 is 0. The van der Waals surface area contributed by atoms with Crippen molar-refractivity contribution in [2.75, 3.05) is 12.4 Å². The average molecular weight is 294 g/mol. The van der Waals surface area contributed by atoms with Gasteiger partial charge in [0.2, 0.25) is 0 Å². The molecular weight excluding hydrogens is 276 g/mol. The van der Waals surface area contributed by atoms with Gasteiger partial charge in [0, 0.05) is 12.6 Å². The van der Waals surface area contributed by atoms with Gasteiger partial charge in [-0.3, -0.25) is 0 Å². The van der Waals surface area contributed by atoms with Crippen LogP contribution in [0.1, 0.15) is 18.3 Å². The summed E-state index contributed by atoms with van der Waals surface area (Å²) >= 11 is 0. The van der Waals surface area contributed by atoms with Gasteiger partial charge in [0.1, 0.15) is 18.0 Å². The molecule has 0 amide bonds. The summed E-state index contributed by atoms with van der Waals surface area (Å²) in [6.07, 6.45) is 3.45. The van der Waals surface area contributed by atoms with E-state index in [2.05, 4.69) is 25.3 Å². The highest BCUT2D eigenvalue weighted by Crippen LogP contribution is 2.16. The monoisotopic (exact) mass is 294 g/mol. The molecule has 0 unspecified atom stereocenters. The van der Waals surface area contributed by atoms with E-state index in [1.165, 1.54) is 6.33 Å². The minimum Gasteiger partial charge on any atom is -0.398 e. The zero-order valence-electron chi connectivity index (χ0n) is 12.8. The molecule has 6 heteroatoms. The zero-order valence-corrected chi connectivity index (χ0v) is 12.8. The number of aryl methyl sites for hydroxylation is 1. The minimum absolute atomic E-state index is 0.632. The average Bonchev–Trinajstić information content (AvgIpc) is 2.92. The first-order chi connectivity index (χ1) is 10.6. The maximum absolute atomic E-state index is 6.41. The van der Waals surface area contributed by atoms with E-state index in [0.29, 0.717) is 11.5 Å². The number of anilines is 1. The van der Waals surface area contributed by atoms with E-state index in [9.17, 15) is 0 Å². The van der Waals surface area contributed by atoms with E-state index < -0.39 is 0 Å². The predicted molar refractivity (Wildman–Crippen MR) is 88.5 cm³/mol. The number of nitrogens with two attached hydrogens (primary N) is 1. The zero-order chi connectivity index (χ0) is 15.7. The molecule has 3 rings (SSSR count). The smallest absolute Gasteiger partial charge is 0.139 e. The van der Waals surface area contributed by atoms with E-state index in [-0.39, 0.29) is 0 Å². The number of rotatable bonds is 2. The molecule has 0 aliphatic heterocycles. The molecule has 2 aromatic heterocycles. The molecule has 0 saturated carbocycles. The quantitative estimate of drug-likeness (QED) is 0.644. The van der Waals surface area contributed by atoms with Gasteiger partial charge in [-0.15, -0.1) is 0 Å². The van der Waals surface area contributed by atoms with E-state index in [1.54, 1.807) is 0 Å². The van der Waals surface area contributed by atoms with Crippen LogP contribution in [0.4, 0.5) is 5.82 Å². The lowest BCUT2D eigenvalue weighted by Crippen LogP contribution is -2.35. The number of hydrogen-bond donors (Lipinski definition) is 3. The maximum Gasteiger partial charge on any atom is 0.139 e. The highest BCUT2D eigenvalue weighted by molar-refractivity contribution is 5.80. The summed E-state index contributed by atoms with van der Waals surface area (Å²) in [5.41, 5.74) is 9.84. The van der Waals surface area contributed by atoms with Gasteiger partial charge >= 0.3 is 0 Å². The third-order valence-electron chi connectivity index (χ3n) is 3.57. The lowest BCUT2D eigenvalue weighted by Gasteiger charge is -2.06. The Balaban J connectivity index is 2.34. The molecule has 0 fully saturated rings. The Morgan fingerprint density at radius 2 is 2.14 bits per heavy atom. The summed E-state index contributed by atoms with van der Waals surface area (Å²) in [7, 11) is 1.82. The Morgan fingerprint density at radius 3 is 2.86 bits per heavy atom. The summed E-state index contributed by atoms with van der Waals surface area (Å²) in [4.78, 5) is 16.2. The van der Waals surface area contributed by atoms with Gasteiger partial charge in [0.05, 0.1) is 27.3 Å². The predicted octanol–water partition coefficient (Wildman–Crippen LogP) is 0.619. The fourth-order valence-corrected chi connectivity index (χ4v) is 2.52. The van der Waals surface area contributed by atoms with Gasteiger partial charge in [0.25, 0.3) is 0 Å². The Bertz CT molecular complexity index is 954. The highest BCUT2D eigenvalue weighted by atomic mass is 15.0. The molecule has 0 aliphatic rings. The van der Waals surface area contributed by atoms with Crippen LogP contribution >= 0.6 is 0 Å². The molecule has 0 saturated heterocycles. The molecule has 0 radical (unpaired) electrons. The number of imidazole rings is 1. The van der Waals surface area contributed by atoms with Crippen molar-refractivity contribution >= 4 is 28.6 Å². The van der Waals surface area contributed by atoms with Crippen LogP contribution in [-0.2, 0) is 0 Å². The van der Waals surface area contributed by atoms with Crippen molar-refractivity contribution in [2.45, 2.75) is 13.8 Å². The van der Waals surface area contributed by atoms with Crippen LogP contribution < -0.4 is 21.6 Å². The Labute approximate surface area is 127 Å². The summed E-state index contributed by atoms with van der Waals surface area (Å²) in [5, 5.41) is 4.68. The Hall–Kier alpha value is -2.89. The second-order valence-corrected chi connectivity index (χ2v) is 4.99. The van der Waals surface area contributed by atoms with Gasteiger partial charge in [0.15, 0.2) is 0 Å². The van der Waals surface area contributed by atoms with Crippen molar-refractivity contribution in [1.82, 2.24) is 19.9 Å². The van der Waals surface area contributed by atoms with Crippen molar-refractivity contribution in [3.8, 4) is 0 Å². The van der Waals surface area contributed by atoms with E-state index in [4.69, 9.17) is 5.73 Å². The molecule has 22 heavy (non-hydrogen) atoms. The molecule has 0 aliphatic carbocycles. The van der Waals surface area contributed by atoms with Crippen molar-refractivity contribution in [3.05, 3.63) is 46.5 Å². The number of aromatic amines is 1. The molecular formula is C16H18N6. The summed E-state index contributed by atoms with van der Waals surface area (Å²) in [5.74, 6) is 1.59. The number of nitrogens with zero attached hydrogens (tertiary/aromatic N) is 3. The van der Waals surface area contributed by atoms with Crippen LogP contribution in [0.3, 0.4) is 0 Å². The third kappa shape index (κ3) is 2.28. The van der Waals surface area contributed by atoms with Gasteiger partial charge < -0.3 is 16.0 Å². The van der Waals surface area contributed by atoms with E-state index >= 15 is 0 Å². The molecule has 2 heterocycles. The van der Waals surface area contributed by atoms with Crippen LogP contribution in [0.15, 0.2) is 24.5 Å². The van der Waals surface area contributed by atoms with Gasteiger partial charge in [-0.25, -0.2) is 15.0 Å². The van der Waals surface area contributed by atoms with Crippen molar-refractivity contribution in [3.63, 3.8) is 0 Å². The number of benzene rings is 1. The minimum atomic E-state index is 0.632. The van der Waals surface area contributed by atoms with Crippen LogP contribution in [0.25, 0.3) is 22.8 Å².